The van der Waals surface area contributed by atoms with Gasteiger partial charge in [-0.3, -0.25) is 0 Å². The van der Waals surface area contributed by atoms with Gasteiger partial charge in [-0.2, -0.15) is 0 Å². The third-order valence-corrected chi connectivity index (χ3v) is 4.94. The third-order valence-electron chi connectivity index (χ3n) is 2.50. The van der Waals surface area contributed by atoms with Gasteiger partial charge >= 0.3 is 0 Å². The monoisotopic (exact) mass is 283 g/mol. The van der Waals surface area contributed by atoms with Crippen molar-refractivity contribution < 1.29 is 8.42 Å². The Hall–Kier alpha value is 0.390. The van der Waals surface area contributed by atoms with Crippen molar-refractivity contribution in [2.24, 2.45) is 5.92 Å². The van der Waals surface area contributed by atoms with Crippen LogP contribution < -0.4 is 4.72 Å². The van der Waals surface area contributed by atoms with Crippen molar-refractivity contribution in [2.45, 2.75) is 44.4 Å². The summed E-state index contributed by atoms with van der Waals surface area (Å²) in [6, 6.07) is 0.0694. The van der Waals surface area contributed by atoms with E-state index in [0.717, 1.165) is 24.6 Å². The summed E-state index contributed by atoms with van der Waals surface area (Å²) in [5.74, 6) is 0.348. The maximum absolute atomic E-state index is 11.7. The molecule has 1 saturated carbocycles. The molecule has 84 valence electrons. The van der Waals surface area contributed by atoms with Crippen LogP contribution in [0.25, 0.3) is 0 Å². The second kappa shape index (κ2) is 4.94. The normalized spacial score (nSPS) is 20.0. The summed E-state index contributed by atoms with van der Waals surface area (Å²) in [6.07, 6.45) is 2.51. The summed E-state index contributed by atoms with van der Waals surface area (Å²) < 4.78 is 26.1. The van der Waals surface area contributed by atoms with E-state index in [1.807, 2.05) is 13.8 Å². The lowest BCUT2D eigenvalue weighted by atomic mass is 10.0. The summed E-state index contributed by atoms with van der Waals surface area (Å²) in [5.41, 5.74) is 0. The van der Waals surface area contributed by atoms with Gasteiger partial charge in [-0.1, -0.05) is 29.8 Å². The summed E-state index contributed by atoms with van der Waals surface area (Å²) in [6.45, 7) is 4.09. The highest BCUT2D eigenvalue weighted by Crippen LogP contribution is 2.28. The highest BCUT2D eigenvalue weighted by Gasteiger charge is 2.37. The van der Waals surface area contributed by atoms with Crippen LogP contribution in [0.4, 0.5) is 0 Å². The predicted octanol–water partition coefficient (Wildman–Crippen LogP) is 1.88. The Morgan fingerprint density at radius 3 is 2.36 bits per heavy atom. The number of halogens is 1. The molecule has 0 spiro atoms. The van der Waals surface area contributed by atoms with Crippen LogP contribution in [0.15, 0.2) is 0 Å². The molecule has 14 heavy (non-hydrogen) atoms. The number of nitrogens with one attached hydrogen (secondary N) is 1. The molecule has 0 amide bonds. The molecule has 0 bridgehead atoms. The molecule has 1 aliphatic rings. The SMILES string of the molecule is CC(C)C(CCBr)NS(=O)(=O)C1CC1. The fraction of sp³-hybridized carbons (Fsp3) is 1.00. The summed E-state index contributed by atoms with van der Waals surface area (Å²) in [5, 5.41) is 0.724. The Balaban J connectivity index is 2.53. The molecule has 1 atom stereocenters. The molecule has 0 aromatic heterocycles. The standard InChI is InChI=1S/C9H18BrNO2S/c1-7(2)9(5-6-10)11-14(12,13)8-3-4-8/h7-9,11H,3-6H2,1-2H3. The second-order valence-electron chi connectivity index (χ2n) is 4.19. The van der Waals surface area contributed by atoms with Gasteiger partial charge in [-0.05, 0) is 25.2 Å². The Kier molecular flexibility index (Phi) is 4.40. The van der Waals surface area contributed by atoms with Gasteiger partial charge in [0.2, 0.25) is 10.0 Å². The van der Waals surface area contributed by atoms with Crippen LogP contribution in [-0.2, 0) is 10.0 Å². The highest BCUT2D eigenvalue weighted by molar-refractivity contribution is 9.09. The maximum atomic E-state index is 11.7. The first-order valence-corrected chi connectivity index (χ1v) is 7.71. The Bertz CT molecular complexity index is 273. The van der Waals surface area contributed by atoms with E-state index in [0.29, 0.717) is 5.92 Å². The van der Waals surface area contributed by atoms with Gasteiger partial charge in [-0.15, -0.1) is 0 Å². The van der Waals surface area contributed by atoms with E-state index in [2.05, 4.69) is 20.7 Å². The lowest BCUT2D eigenvalue weighted by molar-refractivity contribution is 0.440. The molecular weight excluding hydrogens is 266 g/mol. The molecule has 1 rings (SSSR count). The van der Waals surface area contributed by atoms with Crippen molar-refractivity contribution >= 4 is 26.0 Å². The number of hydrogen-bond acceptors (Lipinski definition) is 2. The Morgan fingerprint density at radius 1 is 1.43 bits per heavy atom. The summed E-state index contributed by atoms with van der Waals surface area (Å²) in [4.78, 5) is 0. The van der Waals surface area contributed by atoms with Gasteiger partial charge in [0.25, 0.3) is 0 Å². The van der Waals surface area contributed by atoms with E-state index < -0.39 is 10.0 Å². The van der Waals surface area contributed by atoms with Crippen LogP contribution >= 0.6 is 15.9 Å². The minimum absolute atomic E-state index is 0.0694. The van der Waals surface area contributed by atoms with Gasteiger partial charge < -0.3 is 0 Å². The fourth-order valence-electron chi connectivity index (χ4n) is 1.33. The average Bonchev–Trinajstić information content (AvgIpc) is 2.84. The molecule has 1 fully saturated rings. The number of sulfonamides is 1. The van der Waals surface area contributed by atoms with E-state index in [1.165, 1.54) is 0 Å². The second-order valence-corrected chi connectivity index (χ2v) is 6.98. The average molecular weight is 284 g/mol. The molecule has 0 heterocycles. The van der Waals surface area contributed by atoms with Gasteiger partial charge in [0.15, 0.2) is 0 Å². The van der Waals surface area contributed by atoms with Crippen LogP contribution in [0.1, 0.15) is 33.1 Å². The van der Waals surface area contributed by atoms with Crippen molar-refractivity contribution in [1.29, 1.82) is 0 Å². The smallest absolute Gasteiger partial charge is 0.212 e. The van der Waals surface area contributed by atoms with Crippen molar-refractivity contribution in [3.63, 3.8) is 0 Å². The molecule has 1 unspecified atom stereocenters. The minimum Gasteiger partial charge on any atom is -0.212 e. The van der Waals surface area contributed by atoms with Crippen molar-refractivity contribution in [1.82, 2.24) is 4.72 Å². The van der Waals surface area contributed by atoms with Crippen LogP contribution in [0, 0.1) is 5.92 Å². The molecule has 0 radical (unpaired) electrons. The van der Waals surface area contributed by atoms with E-state index in [1.54, 1.807) is 0 Å². The summed E-state index contributed by atoms with van der Waals surface area (Å²) >= 11 is 3.34. The molecule has 0 saturated heterocycles. The largest absolute Gasteiger partial charge is 0.214 e. The number of alkyl halides is 1. The van der Waals surface area contributed by atoms with Crippen LogP contribution in [0.5, 0.6) is 0 Å². The van der Waals surface area contributed by atoms with Crippen molar-refractivity contribution in [3.05, 3.63) is 0 Å². The quantitative estimate of drug-likeness (QED) is 0.757. The van der Waals surface area contributed by atoms with E-state index in [4.69, 9.17) is 0 Å². The molecule has 1 aliphatic carbocycles. The molecular formula is C9H18BrNO2S. The zero-order valence-electron chi connectivity index (χ0n) is 8.66. The summed E-state index contributed by atoms with van der Waals surface area (Å²) in [7, 11) is -3.02. The van der Waals surface area contributed by atoms with Crippen molar-refractivity contribution in [3.8, 4) is 0 Å². The Morgan fingerprint density at radius 2 is 2.00 bits per heavy atom. The Labute approximate surface area is 94.8 Å². The molecule has 3 nitrogen and oxygen atoms in total. The molecule has 0 aromatic carbocycles. The first kappa shape index (κ1) is 12.5. The fourth-order valence-corrected chi connectivity index (χ4v) is 3.59. The third kappa shape index (κ3) is 3.51. The molecule has 0 aromatic rings. The van der Waals surface area contributed by atoms with E-state index >= 15 is 0 Å². The molecule has 0 aliphatic heterocycles. The first-order chi connectivity index (χ1) is 6.47. The number of hydrogen-bond donors (Lipinski definition) is 1. The van der Waals surface area contributed by atoms with Gasteiger partial charge in [0.1, 0.15) is 0 Å². The lowest BCUT2D eigenvalue weighted by Crippen LogP contribution is -2.40. The zero-order chi connectivity index (χ0) is 10.8. The van der Waals surface area contributed by atoms with Crippen LogP contribution in [-0.4, -0.2) is 25.0 Å². The van der Waals surface area contributed by atoms with Gasteiger partial charge in [-0.25, -0.2) is 13.1 Å². The predicted molar refractivity (Wildman–Crippen MR) is 62.1 cm³/mol. The van der Waals surface area contributed by atoms with Gasteiger partial charge in [0.05, 0.1) is 5.25 Å². The maximum Gasteiger partial charge on any atom is 0.214 e. The topological polar surface area (TPSA) is 46.2 Å². The van der Waals surface area contributed by atoms with E-state index in [-0.39, 0.29) is 11.3 Å². The van der Waals surface area contributed by atoms with Crippen LogP contribution in [0.3, 0.4) is 0 Å². The molecule has 1 N–H and O–H groups in total. The lowest BCUT2D eigenvalue weighted by Gasteiger charge is -2.21. The zero-order valence-corrected chi connectivity index (χ0v) is 11.1. The molecule has 5 heteroatoms. The van der Waals surface area contributed by atoms with E-state index in [9.17, 15) is 8.42 Å². The van der Waals surface area contributed by atoms with Crippen molar-refractivity contribution in [2.75, 3.05) is 5.33 Å². The highest BCUT2D eigenvalue weighted by atomic mass is 79.9. The number of rotatable bonds is 6. The first-order valence-electron chi connectivity index (χ1n) is 5.04. The van der Waals surface area contributed by atoms with Gasteiger partial charge in [0, 0.05) is 11.4 Å². The van der Waals surface area contributed by atoms with Crippen LogP contribution in [0.2, 0.25) is 0 Å². The minimum atomic E-state index is -3.02.